The second-order valence-electron chi connectivity index (χ2n) is 13.2. The molecule has 3 heterocycles. The summed E-state index contributed by atoms with van der Waals surface area (Å²) in [5.74, 6) is 0.520. The third kappa shape index (κ3) is 6.64. The van der Waals surface area contributed by atoms with Gasteiger partial charge in [-0.3, -0.25) is 14.5 Å². The number of rotatable bonds is 11. The lowest BCUT2D eigenvalue weighted by Gasteiger charge is -2.36. The van der Waals surface area contributed by atoms with E-state index in [-0.39, 0.29) is 29.3 Å². The van der Waals surface area contributed by atoms with Crippen LogP contribution in [0, 0.1) is 5.82 Å². The zero-order valence-electron chi connectivity index (χ0n) is 26.6. The summed E-state index contributed by atoms with van der Waals surface area (Å²) in [5.41, 5.74) is 5.31. The van der Waals surface area contributed by atoms with Crippen molar-refractivity contribution in [2.45, 2.75) is 77.7 Å². The standard InChI is InChI=1S/C35H43FN4O3Si/c1-24(2)29-13-8-25(22-30(29)36)23-43-28-11-9-26(10-12-28)31-32(27-14-17-37-18-15-27)38-40-21-20-39(34(41)33(31)40)19-7-16-35(3,4)44(5,6)42/h8-15,17-18,22,24,42H,7,16,19-21,23H2,1-6H3. The first kappa shape index (κ1) is 31.6. The predicted molar refractivity (Wildman–Crippen MR) is 175 cm³/mol. The zero-order chi connectivity index (χ0) is 31.6. The van der Waals surface area contributed by atoms with E-state index in [0.29, 0.717) is 36.6 Å². The summed E-state index contributed by atoms with van der Waals surface area (Å²) >= 11 is 0. The number of hydrogen-bond donors (Lipinski definition) is 1. The Morgan fingerprint density at radius 3 is 2.36 bits per heavy atom. The summed E-state index contributed by atoms with van der Waals surface area (Å²) in [6, 6.07) is 16.7. The molecule has 0 aliphatic carbocycles. The summed E-state index contributed by atoms with van der Waals surface area (Å²) < 4.78 is 22.3. The molecule has 4 aromatic rings. The number of carbonyl (C=O) groups excluding carboxylic acids is 1. The average molecular weight is 615 g/mol. The number of amides is 1. The van der Waals surface area contributed by atoms with Crippen LogP contribution in [0.3, 0.4) is 0 Å². The molecule has 1 amide bonds. The summed E-state index contributed by atoms with van der Waals surface area (Å²) in [6.07, 6.45) is 5.14. The van der Waals surface area contributed by atoms with Crippen LogP contribution in [0.4, 0.5) is 4.39 Å². The first-order valence-corrected chi connectivity index (χ1v) is 18.3. The Morgan fingerprint density at radius 1 is 1.02 bits per heavy atom. The highest BCUT2D eigenvalue weighted by molar-refractivity contribution is 6.72. The molecular weight excluding hydrogens is 571 g/mol. The molecule has 1 aliphatic heterocycles. The fraction of sp³-hybridized carbons (Fsp3) is 0.400. The highest BCUT2D eigenvalue weighted by atomic mass is 28.4. The van der Waals surface area contributed by atoms with Crippen molar-refractivity contribution in [3.8, 4) is 28.1 Å². The van der Waals surface area contributed by atoms with Gasteiger partial charge in [0.15, 0.2) is 8.32 Å². The van der Waals surface area contributed by atoms with Gasteiger partial charge in [-0.25, -0.2) is 4.39 Å². The van der Waals surface area contributed by atoms with E-state index in [1.54, 1.807) is 12.4 Å². The van der Waals surface area contributed by atoms with Crippen LogP contribution in [0.25, 0.3) is 22.4 Å². The molecule has 2 aromatic heterocycles. The van der Waals surface area contributed by atoms with Crippen molar-refractivity contribution in [3.63, 3.8) is 0 Å². The highest BCUT2D eigenvalue weighted by Crippen LogP contribution is 2.40. The van der Waals surface area contributed by atoms with Crippen LogP contribution >= 0.6 is 0 Å². The molecule has 0 unspecified atom stereocenters. The van der Waals surface area contributed by atoms with Crippen molar-refractivity contribution in [2.75, 3.05) is 13.1 Å². The molecule has 0 saturated heterocycles. The Hall–Kier alpha value is -3.82. The third-order valence-electron chi connectivity index (χ3n) is 9.10. The van der Waals surface area contributed by atoms with E-state index in [0.717, 1.165) is 40.8 Å². The van der Waals surface area contributed by atoms with Crippen LogP contribution in [0.5, 0.6) is 5.75 Å². The van der Waals surface area contributed by atoms with Gasteiger partial charge in [0.25, 0.3) is 5.91 Å². The van der Waals surface area contributed by atoms with Gasteiger partial charge in [0.2, 0.25) is 0 Å². The molecule has 5 rings (SSSR count). The summed E-state index contributed by atoms with van der Waals surface area (Å²) in [6.45, 7) is 14.2. The molecule has 0 bridgehead atoms. The number of halogens is 1. The van der Waals surface area contributed by atoms with E-state index in [1.165, 1.54) is 6.07 Å². The lowest BCUT2D eigenvalue weighted by atomic mass is 9.98. The number of fused-ring (bicyclic) bond motifs is 1. The number of ether oxygens (including phenoxy) is 1. The number of hydrogen-bond acceptors (Lipinski definition) is 5. The average Bonchev–Trinajstić information content (AvgIpc) is 3.38. The minimum absolute atomic E-state index is 0.0374. The maximum absolute atomic E-state index is 14.5. The van der Waals surface area contributed by atoms with Gasteiger partial charge in [-0.2, -0.15) is 5.10 Å². The van der Waals surface area contributed by atoms with Crippen molar-refractivity contribution < 1.29 is 18.7 Å². The third-order valence-corrected chi connectivity index (χ3v) is 12.7. The molecule has 0 spiro atoms. The Labute approximate surface area is 260 Å². The summed E-state index contributed by atoms with van der Waals surface area (Å²) in [7, 11) is -2.32. The van der Waals surface area contributed by atoms with E-state index in [2.05, 4.69) is 18.8 Å². The quantitative estimate of drug-likeness (QED) is 0.175. The van der Waals surface area contributed by atoms with Gasteiger partial charge < -0.3 is 14.4 Å². The van der Waals surface area contributed by atoms with Gasteiger partial charge in [-0.1, -0.05) is 52.0 Å². The van der Waals surface area contributed by atoms with Gasteiger partial charge >= 0.3 is 0 Å². The molecule has 7 nitrogen and oxygen atoms in total. The Morgan fingerprint density at radius 2 is 1.73 bits per heavy atom. The van der Waals surface area contributed by atoms with Gasteiger partial charge in [0.05, 0.1) is 6.54 Å². The van der Waals surface area contributed by atoms with Crippen LogP contribution in [0.1, 0.15) is 68.1 Å². The molecule has 0 atom stereocenters. The molecule has 1 N–H and O–H groups in total. The zero-order valence-corrected chi connectivity index (χ0v) is 27.6. The molecule has 44 heavy (non-hydrogen) atoms. The van der Waals surface area contributed by atoms with E-state index >= 15 is 0 Å². The van der Waals surface area contributed by atoms with Gasteiger partial charge in [0.1, 0.15) is 29.6 Å². The predicted octanol–water partition coefficient (Wildman–Crippen LogP) is 7.67. The van der Waals surface area contributed by atoms with Crippen molar-refractivity contribution in [2.24, 2.45) is 0 Å². The second kappa shape index (κ2) is 12.7. The first-order valence-electron chi connectivity index (χ1n) is 15.4. The van der Waals surface area contributed by atoms with E-state index in [1.807, 2.05) is 85.1 Å². The van der Waals surface area contributed by atoms with Crippen LogP contribution in [-0.2, 0) is 13.2 Å². The molecule has 2 aromatic carbocycles. The number of aromatic nitrogens is 3. The van der Waals surface area contributed by atoms with Crippen molar-refractivity contribution in [3.05, 3.63) is 89.6 Å². The van der Waals surface area contributed by atoms with Gasteiger partial charge in [0, 0.05) is 36.6 Å². The summed E-state index contributed by atoms with van der Waals surface area (Å²) in [5, 5.41) is 4.77. The van der Waals surface area contributed by atoms with Crippen molar-refractivity contribution in [1.29, 1.82) is 0 Å². The summed E-state index contributed by atoms with van der Waals surface area (Å²) in [4.78, 5) is 30.8. The van der Waals surface area contributed by atoms with E-state index < -0.39 is 8.32 Å². The fourth-order valence-electron chi connectivity index (χ4n) is 5.54. The molecule has 232 valence electrons. The topological polar surface area (TPSA) is 80.5 Å². The van der Waals surface area contributed by atoms with Gasteiger partial charge in [-0.05, 0) is 83.9 Å². The lowest BCUT2D eigenvalue weighted by molar-refractivity contribution is 0.0694. The van der Waals surface area contributed by atoms with Gasteiger partial charge in [-0.15, -0.1) is 0 Å². The molecule has 1 aliphatic rings. The molecule has 9 heteroatoms. The van der Waals surface area contributed by atoms with E-state index in [9.17, 15) is 14.0 Å². The van der Waals surface area contributed by atoms with Crippen LogP contribution in [-0.4, -0.2) is 51.8 Å². The number of pyridine rings is 1. The normalized spacial score (nSPS) is 13.8. The fourth-order valence-corrected chi connectivity index (χ4v) is 6.33. The molecule has 0 fully saturated rings. The van der Waals surface area contributed by atoms with Crippen LogP contribution in [0.15, 0.2) is 67.0 Å². The minimum Gasteiger partial charge on any atom is -0.489 e. The first-order chi connectivity index (χ1) is 20.9. The SMILES string of the molecule is CC(C)c1ccc(COc2ccc(-c3c(-c4ccncc4)nn4c3C(=O)N(CCCC(C)(C)[Si](C)(C)O)CC4)cc2)cc1F. The molecule has 0 radical (unpaired) electrons. The monoisotopic (exact) mass is 614 g/mol. The maximum atomic E-state index is 14.5. The number of benzene rings is 2. The molecule has 0 saturated carbocycles. The number of nitrogens with zero attached hydrogens (tertiary/aromatic N) is 4. The minimum atomic E-state index is -2.32. The van der Waals surface area contributed by atoms with Crippen molar-refractivity contribution >= 4 is 14.2 Å². The van der Waals surface area contributed by atoms with Crippen LogP contribution in [0.2, 0.25) is 18.1 Å². The molecular formula is C35H43FN4O3Si. The van der Waals surface area contributed by atoms with E-state index in [4.69, 9.17) is 9.84 Å². The Balaban J connectivity index is 1.39. The Bertz CT molecular complexity index is 1610. The number of carbonyl (C=O) groups is 1. The Kier molecular flexibility index (Phi) is 9.09. The highest BCUT2D eigenvalue weighted by Gasteiger charge is 2.38. The van der Waals surface area contributed by atoms with Crippen LogP contribution < -0.4 is 4.74 Å². The van der Waals surface area contributed by atoms with Crippen molar-refractivity contribution in [1.82, 2.24) is 19.7 Å². The second-order valence-corrected chi connectivity index (χ2v) is 17.7. The smallest absolute Gasteiger partial charge is 0.272 e. The largest absolute Gasteiger partial charge is 0.489 e. The maximum Gasteiger partial charge on any atom is 0.272 e. The lowest BCUT2D eigenvalue weighted by Crippen LogP contribution is -2.42.